The standard InChI is InChI=1S/C35H38ClF2N7O2/c1-22-16-35(11-5-12-44(35)18-22)21-47-34-40-28-20-42(29-7-4-6-24-8-9-27(38)31(36)30(24)29)13-10-26(28)32(41-34)43-14-15-45(33(46)23(2)37)25(19-43)17-39-3/h4,6-9,22,25H,2,5,10-21H2,1H3/t22?,25-,35?/m0/s1. The minimum atomic E-state index is -1.03. The van der Waals surface area contributed by atoms with Crippen LogP contribution in [0.2, 0.25) is 5.02 Å². The normalized spacial score (nSPS) is 24.3. The Morgan fingerprint density at radius 2 is 2.02 bits per heavy atom. The predicted octanol–water partition coefficient (Wildman–Crippen LogP) is 5.66. The van der Waals surface area contributed by atoms with Crippen molar-refractivity contribution < 1.29 is 18.3 Å². The molecule has 0 radical (unpaired) electrons. The van der Waals surface area contributed by atoms with E-state index in [1.165, 1.54) is 11.0 Å². The molecule has 3 aromatic rings. The number of piperazine rings is 1. The third kappa shape index (κ3) is 5.76. The second-order valence-corrected chi connectivity index (χ2v) is 13.8. The molecule has 1 amide bonds. The van der Waals surface area contributed by atoms with Gasteiger partial charge in [-0.05, 0) is 55.7 Å². The van der Waals surface area contributed by atoms with E-state index in [1.807, 2.05) is 18.2 Å². The van der Waals surface area contributed by atoms with Gasteiger partial charge < -0.3 is 24.3 Å². The number of halogens is 3. The highest BCUT2D eigenvalue weighted by Crippen LogP contribution is 2.42. The number of carbonyl (C=O) groups excluding carboxylic acids is 1. The number of anilines is 2. The second-order valence-electron chi connectivity index (χ2n) is 13.4. The Hall–Kier alpha value is -4.01. The van der Waals surface area contributed by atoms with Crippen LogP contribution in [0.25, 0.3) is 15.6 Å². The van der Waals surface area contributed by atoms with Gasteiger partial charge in [-0.3, -0.25) is 9.69 Å². The first-order valence-electron chi connectivity index (χ1n) is 16.3. The Balaban J connectivity index is 1.24. The summed E-state index contributed by atoms with van der Waals surface area (Å²) in [5, 5.41) is 1.61. The lowest BCUT2D eigenvalue weighted by Gasteiger charge is -2.41. The van der Waals surface area contributed by atoms with E-state index in [2.05, 4.69) is 33.0 Å². The molecule has 2 unspecified atom stereocenters. The van der Waals surface area contributed by atoms with E-state index >= 15 is 0 Å². The van der Waals surface area contributed by atoms with Crippen LogP contribution in [0, 0.1) is 18.3 Å². The molecule has 0 saturated carbocycles. The lowest BCUT2D eigenvalue weighted by Crippen LogP contribution is -2.57. The van der Waals surface area contributed by atoms with Crippen molar-refractivity contribution in [2.24, 2.45) is 5.92 Å². The van der Waals surface area contributed by atoms with Crippen molar-refractivity contribution in [2.75, 3.05) is 62.2 Å². The lowest BCUT2D eigenvalue weighted by atomic mass is 9.92. The number of ether oxygens (including phenoxy) is 1. The number of hydrogen-bond donors (Lipinski definition) is 0. The average molecular weight is 662 g/mol. The first kappa shape index (κ1) is 31.6. The van der Waals surface area contributed by atoms with Crippen molar-refractivity contribution in [1.82, 2.24) is 19.8 Å². The van der Waals surface area contributed by atoms with Crippen molar-refractivity contribution in [1.29, 1.82) is 0 Å². The molecule has 0 spiro atoms. The van der Waals surface area contributed by atoms with Crippen LogP contribution in [0.1, 0.15) is 37.4 Å². The van der Waals surface area contributed by atoms with Gasteiger partial charge in [0.2, 0.25) is 6.54 Å². The Bertz CT molecular complexity index is 1780. The predicted molar refractivity (Wildman–Crippen MR) is 178 cm³/mol. The van der Waals surface area contributed by atoms with Gasteiger partial charge in [0.25, 0.3) is 5.91 Å². The number of benzene rings is 2. The van der Waals surface area contributed by atoms with Gasteiger partial charge in [0, 0.05) is 49.4 Å². The van der Waals surface area contributed by atoms with Gasteiger partial charge in [-0.25, -0.2) is 15.4 Å². The van der Waals surface area contributed by atoms with Crippen LogP contribution in [0.5, 0.6) is 6.01 Å². The number of fused-ring (bicyclic) bond motifs is 3. The Labute approximate surface area is 278 Å². The summed E-state index contributed by atoms with van der Waals surface area (Å²) in [5.74, 6) is -0.955. The fraction of sp³-hybridized carbons (Fsp3) is 0.486. The third-order valence-electron chi connectivity index (χ3n) is 10.3. The molecule has 47 heavy (non-hydrogen) atoms. The Morgan fingerprint density at radius 3 is 2.83 bits per heavy atom. The highest BCUT2D eigenvalue weighted by atomic mass is 35.5. The smallest absolute Gasteiger partial charge is 0.318 e. The van der Waals surface area contributed by atoms with Gasteiger partial charge in [-0.1, -0.05) is 43.3 Å². The Morgan fingerprint density at radius 1 is 1.17 bits per heavy atom. The van der Waals surface area contributed by atoms with Crippen LogP contribution >= 0.6 is 11.6 Å². The zero-order chi connectivity index (χ0) is 32.9. The van der Waals surface area contributed by atoms with Crippen molar-refractivity contribution in [3.8, 4) is 6.01 Å². The molecule has 4 aliphatic heterocycles. The molecule has 2 aromatic carbocycles. The van der Waals surface area contributed by atoms with E-state index in [9.17, 15) is 13.6 Å². The molecule has 3 fully saturated rings. The summed E-state index contributed by atoms with van der Waals surface area (Å²) in [6, 6.07) is 8.72. The van der Waals surface area contributed by atoms with Crippen LogP contribution in [-0.2, 0) is 17.8 Å². The largest absolute Gasteiger partial charge is 0.461 e. The first-order valence-corrected chi connectivity index (χ1v) is 16.7. The first-order chi connectivity index (χ1) is 22.7. The highest BCUT2D eigenvalue weighted by Gasteiger charge is 2.48. The van der Waals surface area contributed by atoms with E-state index in [0.29, 0.717) is 62.3 Å². The molecule has 7 rings (SSSR count). The van der Waals surface area contributed by atoms with Crippen molar-refractivity contribution in [2.45, 2.75) is 50.7 Å². The number of nitrogens with zero attached hydrogens (tertiary/aromatic N) is 7. The summed E-state index contributed by atoms with van der Waals surface area (Å²) in [7, 11) is 0. The summed E-state index contributed by atoms with van der Waals surface area (Å²) in [6.45, 7) is 17.7. The minimum Gasteiger partial charge on any atom is -0.461 e. The van der Waals surface area contributed by atoms with Crippen LogP contribution < -0.4 is 14.5 Å². The molecule has 9 nitrogen and oxygen atoms in total. The molecule has 0 N–H and O–H groups in total. The average Bonchev–Trinajstić information content (AvgIpc) is 3.60. The summed E-state index contributed by atoms with van der Waals surface area (Å²) in [4.78, 5) is 34.3. The summed E-state index contributed by atoms with van der Waals surface area (Å²) in [5.41, 5.74) is 2.59. The Kier molecular flexibility index (Phi) is 8.43. The molecule has 3 atom stereocenters. The molecule has 0 bridgehead atoms. The van der Waals surface area contributed by atoms with Gasteiger partial charge in [0.15, 0.2) is 5.83 Å². The molecule has 12 heteroatoms. The number of hydrogen-bond acceptors (Lipinski definition) is 7. The second kappa shape index (κ2) is 12.5. The molecular weight excluding hydrogens is 624 g/mol. The van der Waals surface area contributed by atoms with Gasteiger partial charge in [0.05, 0.1) is 22.8 Å². The molecule has 246 valence electrons. The number of rotatable bonds is 7. The number of amides is 1. The van der Waals surface area contributed by atoms with E-state index in [1.54, 1.807) is 6.07 Å². The minimum absolute atomic E-state index is 0.0177. The van der Waals surface area contributed by atoms with E-state index < -0.39 is 23.6 Å². The highest BCUT2D eigenvalue weighted by molar-refractivity contribution is 6.36. The maximum absolute atomic E-state index is 14.6. The molecular formula is C35H38ClF2N7O2. The molecule has 3 saturated heterocycles. The quantitative estimate of drug-likeness (QED) is 0.239. The molecule has 0 aliphatic carbocycles. The lowest BCUT2D eigenvalue weighted by molar-refractivity contribution is -0.131. The molecule has 4 aliphatic rings. The van der Waals surface area contributed by atoms with Crippen molar-refractivity contribution in [3.05, 3.63) is 76.3 Å². The zero-order valence-corrected chi connectivity index (χ0v) is 27.3. The number of carbonyl (C=O) groups is 1. The van der Waals surface area contributed by atoms with Crippen LogP contribution in [-0.4, -0.2) is 89.7 Å². The number of aromatic nitrogens is 2. The van der Waals surface area contributed by atoms with E-state index in [-0.39, 0.29) is 23.7 Å². The van der Waals surface area contributed by atoms with Gasteiger partial charge in [-0.2, -0.15) is 9.97 Å². The topological polar surface area (TPSA) is 69.4 Å². The van der Waals surface area contributed by atoms with Gasteiger partial charge in [0.1, 0.15) is 24.3 Å². The van der Waals surface area contributed by atoms with E-state index in [0.717, 1.165) is 54.7 Å². The zero-order valence-electron chi connectivity index (χ0n) is 26.5. The maximum Gasteiger partial charge on any atom is 0.318 e. The SMILES string of the molecule is [C-]#[N+]C[C@H]1CN(c2nc(OCC34CCCN3CC(C)C4)nc3c2CCN(c2cccc4ccc(F)c(Cl)c24)C3)CCN1C(=O)C(=C)F. The van der Waals surface area contributed by atoms with Crippen molar-refractivity contribution >= 4 is 39.8 Å². The van der Waals surface area contributed by atoms with Crippen LogP contribution in [0.4, 0.5) is 20.3 Å². The van der Waals surface area contributed by atoms with Gasteiger partial charge >= 0.3 is 6.01 Å². The molecule has 5 heterocycles. The fourth-order valence-corrected chi connectivity index (χ4v) is 8.50. The maximum atomic E-state index is 14.6. The summed E-state index contributed by atoms with van der Waals surface area (Å²) < 4.78 is 35.0. The third-order valence-corrected chi connectivity index (χ3v) is 10.7. The van der Waals surface area contributed by atoms with Crippen LogP contribution in [0.15, 0.2) is 42.7 Å². The van der Waals surface area contributed by atoms with Gasteiger partial charge in [-0.15, -0.1) is 0 Å². The monoisotopic (exact) mass is 661 g/mol. The fourth-order valence-electron chi connectivity index (χ4n) is 8.23. The summed E-state index contributed by atoms with van der Waals surface area (Å²) >= 11 is 6.52. The summed E-state index contributed by atoms with van der Waals surface area (Å²) in [6.07, 6.45) is 3.91. The van der Waals surface area contributed by atoms with Crippen LogP contribution in [0.3, 0.4) is 0 Å². The molecule has 1 aromatic heterocycles. The van der Waals surface area contributed by atoms with E-state index in [4.69, 9.17) is 32.9 Å². The van der Waals surface area contributed by atoms with Crippen molar-refractivity contribution in [3.63, 3.8) is 0 Å².